The zero-order valence-electron chi connectivity index (χ0n) is 10.3. The van der Waals surface area contributed by atoms with Gasteiger partial charge in [-0.3, -0.25) is 9.00 Å². The van der Waals surface area contributed by atoms with E-state index < -0.39 is 16.8 Å². The van der Waals surface area contributed by atoms with Gasteiger partial charge in [0.05, 0.1) is 6.42 Å². The number of rotatable bonds is 5. The normalized spacial score (nSPS) is 20.1. The van der Waals surface area contributed by atoms with E-state index in [1.54, 1.807) is 0 Å². The minimum Gasteiger partial charge on any atom is -0.481 e. The molecule has 0 heterocycles. The summed E-state index contributed by atoms with van der Waals surface area (Å²) in [6, 6.07) is 8.33. The number of carboxylic acids is 1. The van der Waals surface area contributed by atoms with Crippen LogP contribution < -0.4 is 0 Å². The van der Waals surface area contributed by atoms with Crippen LogP contribution in [0.15, 0.2) is 24.3 Å². The van der Waals surface area contributed by atoms with Crippen LogP contribution in [0.3, 0.4) is 0 Å². The lowest BCUT2D eigenvalue weighted by Crippen LogP contribution is -2.18. The zero-order valence-corrected chi connectivity index (χ0v) is 11.1. The molecule has 0 amide bonds. The Morgan fingerprint density at radius 3 is 2.94 bits per heavy atom. The summed E-state index contributed by atoms with van der Waals surface area (Å²) in [7, 11) is -1.03. The standard InChI is InChI=1S/C14H18O3S/c15-14(16)8-9-18(17)10-12-6-3-5-11-4-1-2-7-13(11)12/h1-2,4,7,12H,3,5-6,8-10H2,(H,15,16). The lowest BCUT2D eigenvalue weighted by atomic mass is 9.84. The molecule has 1 N–H and O–H groups in total. The van der Waals surface area contributed by atoms with Crippen molar-refractivity contribution in [2.75, 3.05) is 11.5 Å². The number of aliphatic carboxylic acids is 1. The fraction of sp³-hybridized carbons (Fsp3) is 0.500. The Morgan fingerprint density at radius 2 is 2.17 bits per heavy atom. The van der Waals surface area contributed by atoms with Gasteiger partial charge in [0.25, 0.3) is 0 Å². The first kappa shape index (κ1) is 13.3. The molecule has 2 atom stereocenters. The Morgan fingerprint density at radius 1 is 1.39 bits per heavy atom. The maximum Gasteiger partial charge on any atom is 0.304 e. The van der Waals surface area contributed by atoms with Crippen molar-refractivity contribution < 1.29 is 14.1 Å². The number of aryl methyl sites for hydroxylation is 1. The molecular weight excluding hydrogens is 248 g/mol. The van der Waals surface area contributed by atoms with Crippen molar-refractivity contribution in [2.24, 2.45) is 0 Å². The number of carboxylic acid groups (broad SMARTS) is 1. The van der Waals surface area contributed by atoms with Gasteiger partial charge >= 0.3 is 5.97 Å². The van der Waals surface area contributed by atoms with Crippen molar-refractivity contribution in [1.29, 1.82) is 0 Å². The molecule has 18 heavy (non-hydrogen) atoms. The van der Waals surface area contributed by atoms with E-state index in [0.29, 0.717) is 11.7 Å². The van der Waals surface area contributed by atoms with Crippen molar-refractivity contribution in [3.05, 3.63) is 35.4 Å². The van der Waals surface area contributed by atoms with E-state index in [1.165, 1.54) is 11.1 Å². The molecule has 2 rings (SSSR count). The van der Waals surface area contributed by atoms with Crippen LogP contribution in [-0.2, 0) is 22.0 Å². The highest BCUT2D eigenvalue weighted by Crippen LogP contribution is 2.31. The third kappa shape index (κ3) is 3.42. The molecule has 0 aliphatic heterocycles. The second-order valence-corrected chi connectivity index (χ2v) is 6.36. The molecule has 0 saturated carbocycles. The fourth-order valence-electron chi connectivity index (χ4n) is 2.54. The molecule has 3 nitrogen and oxygen atoms in total. The van der Waals surface area contributed by atoms with Crippen LogP contribution in [0.5, 0.6) is 0 Å². The highest BCUT2D eigenvalue weighted by atomic mass is 32.2. The van der Waals surface area contributed by atoms with Crippen molar-refractivity contribution in [2.45, 2.75) is 31.6 Å². The van der Waals surface area contributed by atoms with Gasteiger partial charge in [0, 0.05) is 22.3 Å². The molecule has 0 bridgehead atoms. The molecule has 4 heteroatoms. The average molecular weight is 266 g/mol. The van der Waals surface area contributed by atoms with Gasteiger partial charge in [0.2, 0.25) is 0 Å². The Hall–Kier alpha value is -1.16. The molecule has 0 spiro atoms. The molecule has 1 aliphatic carbocycles. The summed E-state index contributed by atoms with van der Waals surface area (Å²) in [6.45, 7) is 0. The van der Waals surface area contributed by atoms with Gasteiger partial charge in [-0.15, -0.1) is 0 Å². The van der Waals surface area contributed by atoms with Crippen molar-refractivity contribution in [3.8, 4) is 0 Å². The summed E-state index contributed by atoms with van der Waals surface area (Å²) < 4.78 is 11.9. The van der Waals surface area contributed by atoms with Crippen LogP contribution in [0.4, 0.5) is 0 Å². The van der Waals surface area contributed by atoms with Gasteiger partial charge in [-0.1, -0.05) is 24.3 Å². The van der Waals surface area contributed by atoms with Gasteiger partial charge in [-0.05, 0) is 36.3 Å². The maximum atomic E-state index is 11.9. The van der Waals surface area contributed by atoms with E-state index in [1.807, 2.05) is 12.1 Å². The smallest absolute Gasteiger partial charge is 0.304 e. The lowest BCUT2D eigenvalue weighted by Gasteiger charge is -2.25. The second kappa shape index (κ2) is 6.14. The Labute approximate surface area is 110 Å². The monoisotopic (exact) mass is 266 g/mol. The molecule has 1 aliphatic rings. The molecule has 0 fully saturated rings. The van der Waals surface area contributed by atoms with Gasteiger partial charge in [-0.25, -0.2) is 0 Å². The van der Waals surface area contributed by atoms with Crippen LogP contribution in [0.1, 0.15) is 36.3 Å². The van der Waals surface area contributed by atoms with Crippen LogP contribution >= 0.6 is 0 Å². The number of fused-ring (bicyclic) bond motifs is 1. The second-order valence-electron chi connectivity index (χ2n) is 4.74. The molecule has 0 aromatic heterocycles. The average Bonchev–Trinajstić information content (AvgIpc) is 2.37. The highest BCUT2D eigenvalue weighted by molar-refractivity contribution is 7.85. The first-order valence-corrected chi connectivity index (χ1v) is 7.80. The third-order valence-corrected chi connectivity index (χ3v) is 4.86. The van der Waals surface area contributed by atoms with Crippen molar-refractivity contribution in [1.82, 2.24) is 0 Å². The van der Waals surface area contributed by atoms with E-state index in [0.717, 1.165) is 19.3 Å². The summed E-state index contributed by atoms with van der Waals surface area (Å²) >= 11 is 0. The number of carbonyl (C=O) groups is 1. The third-order valence-electron chi connectivity index (χ3n) is 3.42. The zero-order chi connectivity index (χ0) is 13.0. The molecule has 1 aromatic carbocycles. The van der Waals surface area contributed by atoms with E-state index in [2.05, 4.69) is 12.1 Å². The molecule has 0 saturated heterocycles. The SMILES string of the molecule is O=C(O)CCS(=O)CC1CCCc2ccccc21. The fourth-order valence-corrected chi connectivity index (χ4v) is 3.90. The van der Waals surface area contributed by atoms with E-state index in [9.17, 15) is 9.00 Å². The molecule has 98 valence electrons. The van der Waals surface area contributed by atoms with Crippen molar-refractivity contribution >= 4 is 16.8 Å². The molecule has 2 unspecified atom stereocenters. The Balaban J connectivity index is 1.98. The topological polar surface area (TPSA) is 54.4 Å². The largest absolute Gasteiger partial charge is 0.481 e. The Bertz CT molecular complexity index is 456. The lowest BCUT2D eigenvalue weighted by molar-refractivity contribution is -0.136. The number of benzene rings is 1. The van der Waals surface area contributed by atoms with Crippen molar-refractivity contribution in [3.63, 3.8) is 0 Å². The van der Waals surface area contributed by atoms with E-state index in [-0.39, 0.29) is 12.2 Å². The summed E-state index contributed by atoms with van der Waals surface area (Å²) in [5.41, 5.74) is 2.68. The number of hydrogen-bond donors (Lipinski definition) is 1. The minimum absolute atomic E-state index is 0.000970. The van der Waals surface area contributed by atoms with Gasteiger partial charge < -0.3 is 5.11 Å². The highest BCUT2D eigenvalue weighted by Gasteiger charge is 2.21. The van der Waals surface area contributed by atoms with E-state index >= 15 is 0 Å². The first-order chi connectivity index (χ1) is 8.66. The Kier molecular flexibility index (Phi) is 4.53. The summed E-state index contributed by atoms with van der Waals surface area (Å²) in [4.78, 5) is 10.5. The summed E-state index contributed by atoms with van der Waals surface area (Å²) in [5.74, 6) is 0.343. The maximum absolute atomic E-state index is 11.9. The van der Waals surface area contributed by atoms with Crippen LogP contribution in [0.25, 0.3) is 0 Å². The van der Waals surface area contributed by atoms with Crippen LogP contribution in [0, 0.1) is 0 Å². The summed E-state index contributed by atoms with van der Waals surface area (Å²) in [6.07, 6.45) is 3.31. The predicted molar refractivity (Wildman–Crippen MR) is 72.3 cm³/mol. The first-order valence-electron chi connectivity index (χ1n) is 6.31. The minimum atomic E-state index is -1.03. The quantitative estimate of drug-likeness (QED) is 0.890. The molecule has 1 aromatic rings. The van der Waals surface area contributed by atoms with Crippen LogP contribution in [-0.4, -0.2) is 26.8 Å². The molecule has 0 radical (unpaired) electrons. The van der Waals surface area contributed by atoms with Crippen LogP contribution in [0.2, 0.25) is 0 Å². The predicted octanol–water partition coefficient (Wildman–Crippen LogP) is 2.33. The van der Waals surface area contributed by atoms with Gasteiger partial charge in [0.15, 0.2) is 0 Å². The summed E-state index contributed by atoms with van der Waals surface area (Å²) in [5, 5.41) is 8.59. The van der Waals surface area contributed by atoms with Gasteiger partial charge in [-0.2, -0.15) is 0 Å². The van der Waals surface area contributed by atoms with Gasteiger partial charge in [0.1, 0.15) is 0 Å². The number of hydrogen-bond acceptors (Lipinski definition) is 2. The van der Waals surface area contributed by atoms with E-state index in [4.69, 9.17) is 5.11 Å². The molecular formula is C14H18O3S.